The summed E-state index contributed by atoms with van der Waals surface area (Å²) in [7, 11) is 1.63. The molecule has 0 saturated heterocycles. The molecular formula is C24H19N3O3. The summed E-state index contributed by atoms with van der Waals surface area (Å²) in [5.41, 5.74) is 3.60. The zero-order valence-electron chi connectivity index (χ0n) is 16.3. The quantitative estimate of drug-likeness (QED) is 0.396. The molecule has 0 aliphatic carbocycles. The van der Waals surface area contributed by atoms with E-state index < -0.39 is 0 Å². The van der Waals surface area contributed by atoms with Crippen LogP contribution in [0.15, 0.2) is 83.7 Å². The van der Waals surface area contributed by atoms with Gasteiger partial charge in [-0.05, 0) is 35.9 Å². The Kier molecular flexibility index (Phi) is 4.65. The molecule has 0 saturated carbocycles. The maximum atomic E-state index is 6.00. The second-order valence-corrected chi connectivity index (χ2v) is 6.81. The predicted octanol–water partition coefficient (Wildman–Crippen LogP) is 5.71. The maximum Gasteiger partial charge on any atom is 0.163 e. The van der Waals surface area contributed by atoms with E-state index in [1.807, 2.05) is 66.7 Å². The van der Waals surface area contributed by atoms with Gasteiger partial charge in [0.2, 0.25) is 0 Å². The minimum Gasteiger partial charge on any atom is -0.493 e. The summed E-state index contributed by atoms with van der Waals surface area (Å²) in [6, 6.07) is 21.6. The van der Waals surface area contributed by atoms with Crippen molar-refractivity contribution >= 4 is 33.4 Å². The van der Waals surface area contributed by atoms with E-state index in [0.717, 1.165) is 33.1 Å². The lowest BCUT2D eigenvalue weighted by Crippen LogP contribution is -2.00. The molecular weight excluding hydrogens is 378 g/mol. The van der Waals surface area contributed by atoms with E-state index in [1.165, 1.54) is 6.33 Å². The second kappa shape index (κ2) is 7.75. The molecule has 148 valence electrons. The maximum absolute atomic E-state index is 6.00. The molecule has 0 amide bonds. The summed E-state index contributed by atoms with van der Waals surface area (Å²) in [4.78, 5) is 8.84. The van der Waals surface area contributed by atoms with Gasteiger partial charge in [-0.1, -0.05) is 30.3 Å². The van der Waals surface area contributed by atoms with Gasteiger partial charge in [0.1, 0.15) is 24.3 Å². The van der Waals surface area contributed by atoms with Crippen LogP contribution in [0.4, 0.5) is 11.5 Å². The van der Waals surface area contributed by atoms with E-state index in [0.29, 0.717) is 23.9 Å². The molecule has 0 bridgehead atoms. The fourth-order valence-electron chi connectivity index (χ4n) is 3.35. The second-order valence-electron chi connectivity index (χ2n) is 6.81. The number of nitrogens with zero attached hydrogens (tertiary/aromatic N) is 2. The first-order valence-electron chi connectivity index (χ1n) is 9.54. The van der Waals surface area contributed by atoms with Crippen LogP contribution >= 0.6 is 0 Å². The van der Waals surface area contributed by atoms with Gasteiger partial charge in [0.25, 0.3) is 0 Å². The first-order chi connectivity index (χ1) is 14.8. The lowest BCUT2D eigenvalue weighted by Gasteiger charge is -2.14. The highest BCUT2D eigenvalue weighted by molar-refractivity contribution is 5.93. The van der Waals surface area contributed by atoms with Gasteiger partial charge in [0, 0.05) is 22.5 Å². The van der Waals surface area contributed by atoms with Crippen LogP contribution < -0.4 is 14.8 Å². The van der Waals surface area contributed by atoms with Crippen molar-refractivity contribution in [2.45, 2.75) is 6.61 Å². The van der Waals surface area contributed by atoms with Gasteiger partial charge in [-0.2, -0.15) is 0 Å². The normalized spacial score (nSPS) is 11.0. The Labute approximate surface area is 173 Å². The topological polar surface area (TPSA) is 69.4 Å². The number of benzene rings is 3. The van der Waals surface area contributed by atoms with E-state index in [-0.39, 0.29) is 0 Å². The molecule has 0 radical (unpaired) electrons. The molecule has 0 aliphatic rings. The number of rotatable bonds is 6. The third-order valence-corrected chi connectivity index (χ3v) is 4.87. The van der Waals surface area contributed by atoms with E-state index in [2.05, 4.69) is 15.3 Å². The van der Waals surface area contributed by atoms with E-state index in [4.69, 9.17) is 13.9 Å². The van der Waals surface area contributed by atoms with Gasteiger partial charge in [-0.3, -0.25) is 0 Å². The van der Waals surface area contributed by atoms with Crippen molar-refractivity contribution in [3.63, 3.8) is 0 Å². The van der Waals surface area contributed by atoms with Gasteiger partial charge in [-0.15, -0.1) is 0 Å². The van der Waals surface area contributed by atoms with Crippen LogP contribution in [-0.4, -0.2) is 17.1 Å². The third-order valence-electron chi connectivity index (χ3n) is 4.87. The highest BCUT2D eigenvalue weighted by atomic mass is 16.5. The highest BCUT2D eigenvalue weighted by Crippen LogP contribution is 2.35. The van der Waals surface area contributed by atoms with Crippen molar-refractivity contribution in [2.75, 3.05) is 12.4 Å². The molecule has 0 unspecified atom stereocenters. The molecule has 6 nitrogen and oxygen atoms in total. The number of methoxy groups -OCH3 is 1. The first-order valence-corrected chi connectivity index (χ1v) is 9.54. The van der Waals surface area contributed by atoms with E-state index in [9.17, 15) is 0 Å². The molecule has 6 heteroatoms. The van der Waals surface area contributed by atoms with Crippen LogP contribution in [0.1, 0.15) is 5.56 Å². The Morgan fingerprint density at radius 2 is 1.83 bits per heavy atom. The third kappa shape index (κ3) is 3.51. The first kappa shape index (κ1) is 18.0. The zero-order valence-corrected chi connectivity index (χ0v) is 16.3. The van der Waals surface area contributed by atoms with Crippen LogP contribution in [0.5, 0.6) is 11.5 Å². The number of hydrogen-bond acceptors (Lipinski definition) is 6. The Bertz CT molecular complexity index is 1320. The average Bonchev–Trinajstić information content (AvgIpc) is 3.26. The summed E-state index contributed by atoms with van der Waals surface area (Å²) in [5.74, 6) is 1.95. The number of anilines is 2. The van der Waals surface area contributed by atoms with Crippen molar-refractivity contribution in [2.24, 2.45) is 0 Å². The van der Waals surface area contributed by atoms with Crippen LogP contribution in [0.2, 0.25) is 0 Å². The zero-order chi connectivity index (χ0) is 20.3. The van der Waals surface area contributed by atoms with Gasteiger partial charge >= 0.3 is 0 Å². The van der Waals surface area contributed by atoms with Crippen LogP contribution in [0.3, 0.4) is 0 Å². The summed E-state index contributed by atoms with van der Waals surface area (Å²) < 4.78 is 17.0. The summed E-state index contributed by atoms with van der Waals surface area (Å²) in [6.07, 6.45) is 3.21. The number of furan rings is 1. The smallest absolute Gasteiger partial charge is 0.163 e. The largest absolute Gasteiger partial charge is 0.493 e. The fourth-order valence-corrected chi connectivity index (χ4v) is 3.35. The lowest BCUT2D eigenvalue weighted by molar-refractivity contribution is 0.285. The molecule has 3 aromatic carbocycles. The van der Waals surface area contributed by atoms with Gasteiger partial charge in [0.15, 0.2) is 11.5 Å². The molecule has 30 heavy (non-hydrogen) atoms. The van der Waals surface area contributed by atoms with Gasteiger partial charge in [0.05, 0.1) is 18.9 Å². The molecule has 5 rings (SSSR count). The predicted molar refractivity (Wildman–Crippen MR) is 116 cm³/mol. The van der Waals surface area contributed by atoms with E-state index >= 15 is 0 Å². The Hall–Kier alpha value is -4.06. The monoisotopic (exact) mass is 397 g/mol. The Morgan fingerprint density at radius 1 is 0.933 bits per heavy atom. The van der Waals surface area contributed by atoms with Crippen molar-refractivity contribution in [3.05, 3.63) is 84.9 Å². The SMILES string of the molecule is COc1cc2c(Nc3ccc4occc4c3)ncnc2cc1OCc1ccccc1. The Morgan fingerprint density at radius 3 is 2.70 bits per heavy atom. The number of hydrogen-bond donors (Lipinski definition) is 1. The summed E-state index contributed by atoms with van der Waals surface area (Å²) >= 11 is 0. The minimum atomic E-state index is 0.448. The van der Waals surface area contributed by atoms with Crippen LogP contribution in [0, 0.1) is 0 Å². The van der Waals surface area contributed by atoms with Crippen molar-refractivity contribution in [1.29, 1.82) is 0 Å². The van der Waals surface area contributed by atoms with Gasteiger partial charge < -0.3 is 19.2 Å². The summed E-state index contributed by atoms with van der Waals surface area (Å²) in [5, 5.41) is 5.23. The van der Waals surface area contributed by atoms with Crippen molar-refractivity contribution in [1.82, 2.24) is 9.97 Å². The van der Waals surface area contributed by atoms with Crippen LogP contribution in [0.25, 0.3) is 21.9 Å². The Balaban J connectivity index is 1.47. The fraction of sp³-hybridized carbons (Fsp3) is 0.0833. The highest BCUT2D eigenvalue weighted by Gasteiger charge is 2.12. The van der Waals surface area contributed by atoms with Gasteiger partial charge in [-0.25, -0.2) is 9.97 Å². The van der Waals surface area contributed by atoms with Crippen molar-refractivity contribution < 1.29 is 13.9 Å². The number of ether oxygens (including phenoxy) is 2. The van der Waals surface area contributed by atoms with Crippen LogP contribution in [-0.2, 0) is 6.61 Å². The van der Waals surface area contributed by atoms with Crippen molar-refractivity contribution in [3.8, 4) is 11.5 Å². The standard InChI is InChI=1S/C24H19N3O3/c1-28-22-12-19-20(13-23(22)30-14-16-5-3-2-4-6-16)25-15-26-24(19)27-18-7-8-21-17(11-18)9-10-29-21/h2-13,15H,14H2,1H3,(H,25,26,27). The molecule has 0 spiro atoms. The number of aromatic nitrogens is 2. The average molecular weight is 397 g/mol. The minimum absolute atomic E-state index is 0.448. The molecule has 2 aromatic heterocycles. The number of nitrogens with one attached hydrogen (secondary N) is 1. The molecule has 0 fully saturated rings. The lowest BCUT2D eigenvalue weighted by atomic mass is 10.2. The molecule has 2 heterocycles. The molecule has 5 aromatic rings. The number of fused-ring (bicyclic) bond motifs is 2. The summed E-state index contributed by atoms with van der Waals surface area (Å²) in [6.45, 7) is 0.448. The molecule has 0 aliphatic heterocycles. The molecule has 1 N–H and O–H groups in total. The van der Waals surface area contributed by atoms with E-state index in [1.54, 1.807) is 13.4 Å². The molecule has 0 atom stereocenters.